The SMILES string of the molecule is CN=C(N)NC1CSSCC2CC(CCC1C)C(CCCCc1oc(CCc3ccc(O)c(OCC(O)c4cc5c([nH]4)C4C=CC6(CCCC6C4)C5C(CNC)NCC(C)O)c3)cc1CO)CC2N. The van der Waals surface area contributed by atoms with E-state index < -0.39 is 12.2 Å². The Labute approximate surface area is 419 Å². The number of aliphatic hydroxyl groups is 3. The maximum absolute atomic E-state index is 11.6. The van der Waals surface area contributed by atoms with Gasteiger partial charge in [-0.15, -0.1) is 0 Å². The first-order valence-corrected chi connectivity index (χ1v) is 28.7. The second kappa shape index (κ2) is 24.0. The predicted molar refractivity (Wildman–Crippen MR) is 281 cm³/mol. The van der Waals surface area contributed by atoms with Gasteiger partial charge < -0.3 is 62.0 Å². The molecule has 1 saturated heterocycles. The summed E-state index contributed by atoms with van der Waals surface area (Å²) in [6.07, 6.45) is 18.2. The van der Waals surface area contributed by atoms with Gasteiger partial charge in [0.15, 0.2) is 17.5 Å². The molecule has 6 aliphatic rings. The Kier molecular flexibility index (Phi) is 18.2. The molecule has 1 aliphatic heterocycles. The highest BCUT2D eigenvalue weighted by molar-refractivity contribution is 8.76. The second-order valence-corrected chi connectivity index (χ2v) is 24.0. The lowest BCUT2D eigenvalue weighted by molar-refractivity contribution is 0.103. The number of furan rings is 1. The molecular formula is C54H83N7O6S2. The maximum Gasteiger partial charge on any atom is 0.188 e. The number of aromatic nitrogens is 1. The van der Waals surface area contributed by atoms with Crippen molar-refractivity contribution < 1.29 is 29.6 Å². The number of rotatable bonds is 20. The van der Waals surface area contributed by atoms with Crippen molar-refractivity contribution in [1.29, 1.82) is 0 Å². The minimum atomic E-state index is -0.931. The number of phenolic OH excluding ortho intramolecular Hbond substituents is 1. The van der Waals surface area contributed by atoms with Crippen molar-refractivity contribution >= 4 is 27.5 Å². The van der Waals surface area contributed by atoms with Gasteiger partial charge in [-0.2, -0.15) is 0 Å². The number of likely N-dealkylation sites (N-methyl/N-ethyl adjacent to an activating group) is 1. The van der Waals surface area contributed by atoms with E-state index in [1.807, 2.05) is 53.8 Å². The Hall–Kier alpha value is -3.15. The number of aryl methyl sites for hydroxylation is 3. The van der Waals surface area contributed by atoms with E-state index >= 15 is 0 Å². The quantitative estimate of drug-likeness (QED) is 0.0174. The van der Waals surface area contributed by atoms with Gasteiger partial charge in [-0.25, -0.2) is 0 Å². The zero-order chi connectivity index (χ0) is 48.7. The third-order valence-corrected chi connectivity index (χ3v) is 19.4. The molecule has 4 bridgehead atoms. The molecule has 2 saturated carbocycles. The van der Waals surface area contributed by atoms with Crippen molar-refractivity contribution in [3.63, 3.8) is 0 Å². The van der Waals surface area contributed by atoms with Gasteiger partial charge >= 0.3 is 0 Å². The van der Waals surface area contributed by atoms with Gasteiger partial charge in [-0.3, -0.25) is 4.99 Å². The van der Waals surface area contributed by atoms with Crippen LogP contribution in [0.2, 0.25) is 0 Å². The molecule has 13 unspecified atom stereocenters. The Morgan fingerprint density at radius 1 is 1.03 bits per heavy atom. The average molecular weight is 990 g/mol. The summed E-state index contributed by atoms with van der Waals surface area (Å²) in [5, 5.41) is 53.7. The molecule has 3 heterocycles. The van der Waals surface area contributed by atoms with Crippen molar-refractivity contribution in [2.75, 3.05) is 45.3 Å². The Bertz CT molecular complexity index is 2180. The number of guanidine groups is 1. The van der Waals surface area contributed by atoms with Crippen LogP contribution in [0.5, 0.6) is 11.5 Å². The van der Waals surface area contributed by atoms with E-state index in [9.17, 15) is 20.4 Å². The summed E-state index contributed by atoms with van der Waals surface area (Å²) in [6, 6.07) is 10.2. The fourth-order valence-corrected chi connectivity index (χ4v) is 15.9. The molecule has 13 nitrogen and oxygen atoms in total. The number of aromatic amines is 1. The van der Waals surface area contributed by atoms with Crippen molar-refractivity contribution in [2.45, 2.75) is 153 Å². The van der Waals surface area contributed by atoms with Crippen LogP contribution >= 0.6 is 21.6 Å². The molecule has 2 aromatic heterocycles. The van der Waals surface area contributed by atoms with Crippen LogP contribution in [0.3, 0.4) is 0 Å². The van der Waals surface area contributed by atoms with Gasteiger partial charge in [-0.05, 0) is 142 Å². The van der Waals surface area contributed by atoms with Crippen molar-refractivity contribution in [3.8, 4) is 11.5 Å². The number of unbranched alkanes of at least 4 members (excludes halogenated alkanes) is 1. The molecule has 1 aromatic carbocycles. The Morgan fingerprint density at radius 3 is 2.67 bits per heavy atom. The number of allylic oxidation sites excluding steroid dienone is 2. The number of aliphatic imine (C=N–C) groups is 1. The van der Waals surface area contributed by atoms with E-state index in [1.165, 1.54) is 43.4 Å². The summed E-state index contributed by atoms with van der Waals surface area (Å²) in [4.78, 5) is 7.83. The van der Waals surface area contributed by atoms with Crippen LogP contribution in [0, 0.1) is 35.0 Å². The molecular weight excluding hydrogens is 907 g/mol. The molecule has 3 fully saturated rings. The number of benzene rings is 1. The first kappa shape index (κ1) is 52.2. The molecule has 3 aromatic rings. The lowest BCUT2D eigenvalue weighted by Crippen LogP contribution is -2.50. The number of ether oxygens (including phenoxy) is 1. The van der Waals surface area contributed by atoms with E-state index in [-0.39, 0.29) is 48.3 Å². The van der Waals surface area contributed by atoms with Gasteiger partial charge in [0, 0.05) is 91.4 Å². The Morgan fingerprint density at radius 2 is 1.87 bits per heavy atom. The summed E-state index contributed by atoms with van der Waals surface area (Å²) in [5.41, 5.74) is 18.0. The molecule has 382 valence electrons. The Balaban J connectivity index is 0.850. The van der Waals surface area contributed by atoms with Crippen molar-refractivity contribution in [2.24, 2.45) is 51.5 Å². The minimum absolute atomic E-state index is 0.0212. The summed E-state index contributed by atoms with van der Waals surface area (Å²) in [5.74, 6) is 8.09. The predicted octanol–water partition coefficient (Wildman–Crippen LogP) is 7.59. The highest BCUT2D eigenvalue weighted by atomic mass is 33.1. The van der Waals surface area contributed by atoms with Crippen LogP contribution in [-0.2, 0) is 25.9 Å². The van der Waals surface area contributed by atoms with E-state index in [0.29, 0.717) is 66.7 Å². The van der Waals surface area contributed by atoms with E-state index in [2.05, 4.69) is 51.1 Å². The number of aromatic hydroxyl groups is 1. The summed E-state index contributed by atoms with van der Waals surface area (Å²) in [6.45, 7) is 5.37. The zero-order valence-electron chi connectivity index (χ0n) is 41.6. The summed E-state index contributed by atoms with van der Waals surface area (Å²) in [7, 11) is 7.63. The number of aliphatic hydroxyl groups excluding tert-OH is 3. The molecule has 69 heavy (non-hydrogen) atoms. The first-order chi connectivity index (χ1) is 33.4. The number of nitrogens with two attached hydrogens (primary N) is 2. The molecule has 12 N–H and O–H groups in total. The van der Waals surface area contributed by atoms with Crippen LogP contribution in [0.15, 0.2) is 51.9 Å². The van der Waals surface area contributed by atoms with Gasteiger partial charge in [-0.1, -0.05) is 66.0 Å². The number of fused-ring (bicyclic) bond motifs is 2. The number of phenols is 1. The number of nitrogens with zero attached hydrogens (tertiary/aromatic N) is 1. The number of nitrogens with one attached hydrogen (secondary N) is 4. The van der Waals surface area contributed by atoms with Crippen LogP contribution in [0.4, 0.5) is 0 Å². The minimum Gasteiger partial charge on any atom is -0.504 e. The lowest BCUT2D eigenvalue weighted by atomic mass is 9.61. The molecule has 15 heteroatoms. The highest BCUT2D eigenvalue weighted by Crippen LogP contribution is 2.63. The van der Waals surface area contributed by atoms with Gasteiger partial charge in [0.25, 0.3) is 0 Å². The summed E-state index contributed by atoms with van der Waals surface area (Å²) >= 11 is 0. The molecule has 0 radical (unpaired) electrons. The summed E-state index contributed by atoms with van der Waals surface area (Å²) < 4.78 is 12.6. The molecule has 13 atom stereocenters. The van der Waals surface area contributed by atoms with Gasteiger partial charge in [0.1, 0.15) is 24.2 Å². The largest absolute Gasteiger partial charge is 0.504 e. The third-order valence-electron chi connectivity index (χ3n) is 16.9. The van der Waals surface area contributed by atoms with Crippen LogP contribution in [-0.4, -0.2) is 101 Å². The van der Waals surface area contributed by atoms with Gasteiger partial charge in [0.2, 0.25) is 0 Å². The number of hydrogen-bond donors (Lipinski definition) is 10. The van der Waals surface area contributed by atoms with Crippen LogP contribution in [0.25, 0.3) is 0 Å². The average Bonchev–Trinajstić information content (AvgIpc) is 4.06. The van der Waals surface area contributed by atoms with Crippen LogP contribution < -0.4 is 32.2 Å². The monoisotopic (exact) mass is 990 g/mol. The first-order valence-electron chi connectivity index (χ1n) is 26.2. The highest BCUT2D eigenvalue weighted by Gasteiger charge is 2.55. The fraction of sp³-hybridized carbons (Fsp3) is 0.685. The third kappa shape index (κ3) is 12.4. The normalized spacial score (nSPS) is 30.5. The molecule has 1 spiro atoms. The molecule has 5 aliphatic carbocycles. The topological polar surface area (TPSA) is 220 Å². The lowest BCUT2D eigenvalue weighted by Gasteiger charge is -2.45. The zero-order valence-corrected chi connectivity index (χ0v) is 43.3. The van der Waals surface area contributed by atoms with E-state index in [0.717, 1.165) is 91.3 Å². The van der Waals surface area contributed by atoms with Crippen molar-refractivity contribution in [3.05, 3.63) is 82.1 Å². The van der Waals surface area contributed by atoms with Crippen LogP contribution in [0.1, 0.15) is 142 Å². The number of hydrogen-bond acceptors (Lipinski definition) is 12. The second-order valence-electron chi connectivity index (χ2n) is 21.5. The molecule has 9 rings (SSSR count). The number of H-pyrrole nitrogens is 1. The van der Waals surface area contributed by atoms with Gasteiger partial charge in [0.05, 0.1) is 12.7 Å². The molecule has 0 amide bonds. The smallest absolute Gasteiger partial charge is 0.188 e. The van der Waals surface area contributed by atoms with Crippen molar-refractivity contribution in [1.82, 2.24) is 20.9 Å². The van der Waals surface area contributed by atoms with E-state index in [1.54, 1.807) is 13.1 Å². The standard InChI is InChI=1S/C54H83N7O6S2/c1-32-11-14-36-21-39(30-68-69-31-46(32)61-53(56)58-4)43(55)24-35(36)8-5-6-10-49-38(28-62)23-41(67-49)15-12-34-13-16-47(64)50(20-34)66-29-48(65)44-25-42-51(45(27-57-3)59-26-33(2)63)54-18-7-9-40(54)22-37(17-19-54)52(42)60-44/h13,16-17,19-20,23,25,32-33,35-37,39-40,43,45-46,48,51,57,59-60,62-65H,5-12,14-15,18,21-22,24,26-31,55H2,1-4H3,(H3,56,58,61). The van der Waals surface area contributed by atoms with E-state index in [4.69, 9.17) is 20.6 Å². The fourth-order valence-electron chi connectivity index (χ4n) is 13.0. The maximum atomic E-state index is 11.6.